The minimum absolute atomic E-state index is 0.304. The van der Waals surface area contributed by atoms with Crippen molar-refractivity contribution in [2.24, 2.45) is 0 Å². The second-order valence-corrected chi connectivity index (χ2v) is 5.73. The summed E-state index contributed by atoms with van der Waals surface area (Å²) >= 11 is 5.98. The molecule has 2 aromatic rings. The lowest BCUT2D eigenvalue weighted by atomic mass is 10.2. The van der Waals surface area contributed by atoms with Gasteiger partial charge in [-0.1, -0.05) is 24.4 Å². The Balaban J connectivity index is 1.97. The van der Waals surface area contributed by atoms with E-state index in [-0.39, 0.29) is 5.82 Å². The number of aromatic nitrogens is 2. The highest BCUT2D eigenvalue weighted by Gasteiger charge is 2.18. The summed E-state index contributed by atoms with van der Waals surface area (Å²) in [5.41, 5.74) is 1.28. The molecule has 20 heavy (non-hydrogen) atoms. The summed E-state index contributed by atoms with van der Waals surface area (Å²) in [6.07, 6.45) is 6.59. The summed E-state index contributed by atoms with van der Waals surface area (Å²) in [7, 11) is 0. The van der Waals surface area contributed by atoms with Gasteiger partial charge in [0.05, 0.1) is 11.4 Å². The van der Waals surface area contributed by atoms with E-state index in [0.29, 0.717) is 22.7 Å². The van der Waals surface area contributed by atoms with Gasteiger partial charge in [-0.15, -0.1) is 0 Å². The highest BCUT2D eigenvalue weighted by atomic mass is 35.5. The van der Waals surface area contributed by atoms with Crippen LogP contribution in [0.4, 0.5) is 10.3 Å². The zero-order chi connectivity index (χ0) is 14.1. The number of anilines is 1. The Hall–Kier alpha value is -1.55. The molecule has 1 aliphatic rings. The van der Waals surface area contributed by atoms with Crippen molar-refractivity contribution in [2.75, 3.05) is 5.32 Å². The van der Waals surface area contributed by atoms with E-state index >= 15 is 0 Å². The second-order valence-electron chi connectivity index (χ2n) is 5.30. The zero-order valence-electron chi connectivity index (χ0n) is 11.4. The molecular formula is C15H17ClFN3. The normalized spacial score (nSPS) is 15.8. The van der Waals surface area contributed by atoms with Crippen molar-refractivity contribution in [3.8, 4) is 5.69 Å². The van der Waals surface area contributed by atoms with Crippen LogP contribution in [0.25, 0.3) is 5.69 Å². The Morgan fingerprint density at radius 1 is 1.35 bits per heavy atom. The lowest BCUT2D eigenvalue weighted by Crippen LogP contribution is -2.18. The van der Waals surface area contributed by atoms with E-state index in [4.69, 9.17) is 11.6 Å². The van der Waals surface area contributed by atoms with Crippen molar-refractivity contribution < 1.29 is 4.39 Å². The smallest absolute Gasteiger partial charge is 0.208 e. The van der Waals surface area contributed by atoms with Crippen molar-refractivity contribution in [1.29, 1.82) is 0 Å². The lowest BCUT2D eigenvalue weighted by Gasteiger charge is -2.15. The quantitative estimate of drug-likeness (QED) is 0.913. The summed E-state index contributed by atoms with van der Waals surface area (Å²) in [6, 6.07) is 4.98. The van der Waals surface area contributed by atoms with Gasteiger partial charge in [-0.2, -0.15) is 0 Å². The molecule has 106 valence electrons. The van der Waals surface area contributed by atoms with Gasteiger partial charge in [0.25, 0.3) is 0 Å². The molecule has 3 rings (SSSR count). The third kappa shape index (κ3) is 2.66. The molecule has 1 fully saturated rings. The average molecular weight is 294 g/mol. The molecule has 1 heterocycles. The van der Waals surface area contributed by atoms with E-state index < -0.39 is 0 Å². The molecule has 3 nitrogen and oxygen atoms in total. The van der Waals surface area contributed by atoms with Crippen LogP contribution in [0.15, 0.2) is 24.4 Å². The van der Waals surface area contributed by atoms with Gasteiger partial charge in [0, 0.05) is 17.3 Å². The van der Waals surface area contributed by atoms with Crippen LogP contribution in [0, 0.1) is 12.7 Å². The standard InChI is InChI=1S/C15H17ClFN3/c1-10-9-20(14-8-11(16)6-7-13(14)17)15(18-10)19-12-4-2-3-5-12/h6-9,12H,2-5H2,1H3,(H,18,19). The van der Waals surface area contributed by atoms with E-state index in [1.54, 1.807) is 16.7 Å². The first-order valence-corrected chi connectivity index (χ1v) is 7.29. The maximum absolute atomic E-state index is 14.0. The number of rotatable bonds is 3. The molecule has 0 spiro atoms. The van der Waals surface area contributed by atoms with Gasteiger partial charge in [0.2, 0.25) is 5.95 Å². The molecule has 1 saturated carbocycles. The van der Waals surface area contributed by atoms with Crippen molar-refractivity contribution >= 4 is 17.5 Å². The molecule has 0 unspecified atom stereocenters. The van der Waals surface area contributed by atoms with Crippen LogP contribution in [-0.2, 0) is 0 Å². The Morgan fingerprint density at radius 3 is 2.85 bits per heavy atom. The summed E-state index contributed by atoms with van der Waals surface area (Å²) in [4.78, 5) is 4.46. The van der Waals surface area contributed by atoms with E-state index in [0.717, 1.165) is 18.5 Å². The summed E-state index contributed by atoms with van der Waals surface area (Å²) in [6.45, 7) is 1.90. The fourth-order valence-corrected chi connectivity index (χ4v) is 2.87. The van der Waals surface area contributed by atoms with Crippen LogP contribution in [-0.4, -0.2) is 15.6 Å². The van der Waals surface area contributed by atoms with Crippen molar-refractivity contribution in [3.63, 3.8) is 0 Å². The van der Waals surface area contributed by atoms with Crippen molar-refractivity contribution in [2.45, 2.75) is 38.6 Å². The van der Waals surface area contributed by atoms with Gasteiger partial charge in [-0.3, -0.25) is 4.57 Å². The van der Waals surface area contributed by atoms with Crippen molar-refractivity contribution in [1.82, 2.24) is 9.55 Å². The summed E-state index contributed by atoms with van der Waals surface area (Å²) in [5.74, 6) is 0.386. The predicted molar refractivity (Wildman–Crippen MR) is 79.1 cm³/mol. The minimum Gasteiger partial charge on any atom is -0.353 e. The van der Waals surface area contributed by atoms with E-state index in [9.17, 15) is 4.39 Å². The monoisotopic (exact) mass is 293 g/mol. The topological polar surface area (TPSA) is 29.9 Å². The molecule has 1 aliphatic carbocycles. The fraction of sp³-hybridized carbons (Fsp3) is 0.400. The number of hydrogen-bond donors (Lipinski definition) is 1. The van der Waals surface area contributed by atoms with E-state index in [1.807, 2.05) is 13.1 Å². The van der Waals surface area contributed by atoms with Gasteiger partial charge in [0.15, 0.2) is 0 Å². The number of nitrogens with zero attached hydrogens (tertiary/aromatic N) is 2. The second kappa shape index (κ2) is 5.44. The molecule has 5 heteroatoms. The number of aryl methyl sites for hydroxylation is 1. The maximum Gasteiger partial charge on any atom is 0.208 e. The summed E-state index contributed by atoms with van der Waals surface area (Å²) < 4.78 is 15.8. The number of halogens is 2. The Labute approximate surface area is 122 Å². The fourth-order valence-electron chi connectivity index (χ4n) is 2.71. The van der Waals surface area contributed by atoms with Gasteiger partial charge in [-0.25, -0.2) is 9.37 Å². The molecule has 1 N–H and O–H groups in total. The molecule has 0 saturated heterocycles. The predicted octanol–water partition coefficient (Wildman–Crippen LogP) is 4.33. The Bertz CT molecular complexity index is 618. The van der Waals surface area contributed by atoms with Gasteiger partial charge in [0.1, 0.15) is 5.82 Å². The average Bonchev–Trinajstić information content (AvgIpc) is 3.03. The number of hydrogen-bond acceptors (Lipinski definition) is 2. The maximum atomic E-state index is 14.0. The van der Waals surface area contributed by atoms with E-state index in [2.05, 4.69) is 10.3 Å². The molecule has 0 aliphatic heterocycles. The molecular weight excluding hydrogens is 277 g/mol. The zero-order valence-corrected chi connectivity index (χ0v) is 12.1. The Kier molecular flexibility index (Phi) is 3.66. The van der Waals surface area contributed by atoms with Crippen molar-refractivity contribution in [3.05, 3.63) is 40.9 Å². The van der Waals surface area contributed by atoms with Gasteiger partial charge in [-0.05, 0) is 38.0 Å². The molecule has 1 aromatic heterocycles. The lowest BCUT2D eigenvalue weighted by molar-refractivity contribution is 0.617. The van der Waals surface area contributed by atoms with Crippen LogP contribution in [0.1, 0.15) is 31.4 Å². The van der Waals surface area contributed by atoms with Crippen LogP contribution in [0.5, 0.6) is 0 Å². The van der Waals surface area contributed by atoms with Crippen LogP contribution in [0.3, 0.4) is 0 Å². The first-order valence-electron chi connectivity index (χ1n) is 6.91. The van der Waals surface area contributed by atoms with Crippen LogP contribution in [0.2, 0.25) is 5.02 Å². The van der Waals surface area contributed by atoms with E-state index in [1.165, 1.54) is 18.9 Å². The molecule has 0 bridgehead atoms. The number of nitrogens with one attached hydrogen (secondary N) is 1. The molecule has 0 atom stereocenters. The molecule has 0 amide bonds. The first kappa shape index (κ1) is 13.4. The molecule has 1 aromatic carbocycles. The number of benzene rings is 1. The largest absolute Gasteiger partial charge is 0.353 e. The first-order chi connectivity index (χ1) is 9.63. The van der Waals surface area contributed by atoms with Crippen LogP contribution >= 0.6 is 11.6 Å². The third-order valence-electron chi connectivity index (χ3n) is 3.68. The third-order valence-corrected chi connectivity index (χ3v) is 3.92. The van der Waals surface area contributed by atoms with Crippen LogP contribution < -0.4 is 5.32 Å². The highest BCUT2D eigenvalue weighted by molar-refractivity contribution is 6.30. The minimum atomic E-state index is -0.304. The number of imidazole rings is 1. The van der Waals surface area contributed by atoms with Gasteiger partial charge >= 0.3 is 0 Å². The Morgan fingerprint density at radius 2 is 2.10 bits per heavy atom. The SMILES string of the molecule is Cc1cn(-c2cc(Cl)ccc2F)c(NC2CCCC2)n1. The van der Waals surface area contributed by atoms with Gasteiger partial charge < -0.3 is 5.32 Å². The highest BCUT2D eigenvalue weighted by Crippen LogP contribution is 2.26. The summed E-state index contributed by atoms with van der Waals surface area (Å²) in [5, 5.41) is 3.93. The molecule has 0 radical (unpaired) electrons.